The van der Waals surface area contributed by atoms with Gasteiger partial charge < -0.3 is 93.3 Å². The summed E-state index contributed by atoms with van der Waals surface area (Å²) >= 11 is 0. The molecule has 34 nitrogen and oxygen atoms in total. The Morgan fingerprint density at radius 1 is 0.593 bits per heavy atom. The van der Waals surface area contributed by atoms with Gasteiger partial charge in [0.2, 0.25) is 76.8 Å². The Balaban J connectivity index is 1.80. The molecule has 0 aromatic heterocycles. The van der Waals surface area contributed by atoms with Crippen LogP contribution in [0.4, 0.5) is 0 Å². The van der Waals surface area contributed by atoms with Gasteiger partial charge in [0, 0.05) is 51.5 Å². The van der Waals surface area contributed by atoms with Gasteiger partial charge in [-0.15, -0.1) is 0 Å². The monoisotopic (exact) mass is 1620 g/mol. The third kappa shape index (κ3) is 28.4. The third-order valence-electron chi connectivity index (χ3n) is 20.3. The van der Waals surface area contributed by atoms with Gasteiger partial charge in [-0.3, -0.25) is 71.9 Å². The molecule has 0 saturated carbocycles. The van der Waals surface area contributed by atoms with Crippen LogP contribution in [-0.4, -0.2) is 244 Å². The van der Waals surface area contributed by atoms with Gasteiger partial charge >= 0.3 is 11.9 Å². The summed E-state index contributed by atoms with van der Waals surface area (Å²) in [5.41, 5.74) is 0.407. The minimum absolute atomic E-state index is 0.0134. The molecule has 0 aliphatic carbocycles. The first-order chi connectivity index (χ1) is 53.5. The van der Waals surface area contributed by atoms with Crippen molar-refractivity contribution in [3.8, 4) is 0 Å². The van der Waals surface area contributed by atoms with Gasteiger partial charge in [0.05, 0.1) is 24.8 Å². The van der Waals surface area contributed by atoms with Gasteiger partial charge in [0.1, 0.15) is 78.6 Å². The molecule has 1 unspecified atom stereocenters. The number of hydrogen-bond acceptors (Lipinski definition) is 21. The molecular weight excluding hydrogens is 1510 g/mol. The maximum Gasteiger partial charge on any atom is 0.331 e. The number of nitrogens with one attached hydrogen (secondary N) is 12. The number of ether oxygens (including phenoxy) is 2. The van der Waals surface area contributed by atoms with Crippen molar-refractivity contribution in [2.45, 2.75) is 238 Å². The number of aliphatic carboxylic acids is 1. The van der Waals surface area contributed by atoms with Crippen LogP contribution in [0.3, 0.4) is 0 Å². The lowest BCUT2D eigenvalue weighted by Gasteiger charge is -2.36. The molecule has 0 spiro atoms. The van der Waals surface area contributed by atoms with Crippen LogP contribution >= 0.6 is 21.6 Å². The van der Waals surface area contributed by atoms with E-state index in [2.05, 4.69) is 70.4 Å². The standard InChI is InChI=1S/C77H114N14O20S2/c1-15-41(6)33-50-67(99)87-60(40(4)5)76(108)90(13)63(47(12)110-14)74(106)85-54(37-92)77(109)111-46(11)62-73(105)84-53(36-49-27-22-19-23-28-49)75(107)91-32-24-29-57(91)71(103)86-56(70(102)88-61(43(8)17-3)72(104)79-45(10)65(97)81-50)39-113-112-38-55(80-58(93)30-31-59(94)95)69(101)83-52(35-48-25-20-18-21-26-48)66(98)78-44(9)64(96)82-51(68(100)89-62)34-42(7)16-2/h18-23,25-28,40-44,46-47,50-57,60-63,92H,10,15-17,24,29-39H2,1-9,11-14H3,(H,78,98)(H,79,104)(H,80,93)(H,81,97)(H,82,96)(H,83,101)(H,84,105)(H,85,106)(H,86,103)(H,87,99)(H,88,102)(H,89,100)(H,94,95)/t41-,42+,43-,44-,46+,47+,50-,51-,52-,53-,54-,55+,56-,57-,60?,61-,62+,63-/m0/s1. The van der Waals surface area contributed by atoms with E-state index in [9.17, 15) is 63.0 Å². The molecule has 3 aliphatic heterocycles. The number of fused-ring (bicyclic) bond motifs is 6. The van der Waals surface area contributed by atoms with Crippen LogP contribution in [0.2, 0.25) is 0 Å². The number of benzene rings is 2. The van der Waals surface area contributed by atoms with E-state index in [0.717, 1.165) is 26.5 Å². The molecule has 5 rings (SSSR count). The zero-order valence-electron chi connectivity index (χ0n) is 66.5. The highest BCUT2D eigenvalue weighted by molar-refractivity contribution is 8.76. The van der Waals surface area contributed by atoms with E-state index in [-0.39, 0.29) is 69.1 Å². The first-order valence-electron chi connectivity index (χ1n) is 38.3. The number of hydrogen-bond donors (Lipinski definition) is 14. The fourth-order valence-corrected chi connectivity index (χ4v) is 15.0. The van der Waals surface area contributed by atoms with Crippen molar-refractivity contribution in [3.05, 3.63) is 84.1 Å². The zero-order chi connectivity index (χ0) is 84.1. The average Bonchev–Trinajstić information content (AvgIpc) is 1.75. The Bertz CT molecular complexity index is 3690. The summed E-state index contributed by atoms with van der Waals surface area (Å²) in [6.07, 6.45) is -3.54. The first kappa shape index (κ1) is 93.9. The van der Waals surface area contributed by atoms with Gasteiger partial charge in [-0.05, 0) is 81.3 Å². The SMILES string of the molecule is C=C1NC(=O)[C@H]([C@@H](C)CC)NC(=O)[C@@H]2CSSC[C@@H](NC(=O)CCC(=O)O)C(=O)N[C@@H](Cc3ccccc3)C(=O)N[C@@H](C)C(=O)N[C@@H](C[C@H](C)CC)C(=O)N[C@@H](C(=O)N[C@@H](Cc3ccccc3)C(=O)N3CCC[C@H]3C(=O)N2)[C@@H](C)OC(=O)[C@H](CO)NC(=O)[C@H]([C@@H](C)OC)N(C)C(=O)C(C(C)C)NC(=O)[C@H](C[C@@H](C)CC)NC1=O. The predicted octanol–water partition coefficient (Wildman–Crippen LogP) is 0.0792. The number of aliphatic hydroxyl groups excluding tert-OH is 1. The molecule has 14 N–H and O–H groups in total. The van der Waals surface area contributed by atoms with Crippen LogP contribution in [-0.2, 0) is 99.0 Å². The Morgan fingerprint density at radius 2 is 1.13 bits per heavy atom. The van der Waals surface area contributed by atoms with E-state index in [1.54, 1.807) is 109 Å². The van der Waals surface area contributed by atoms with Gasteiger partial charge in [-0.2, -0.15) is 0 Å². The normalized spacial score (nSPS) is 27.4. The van der Waals surface area contributed by atoms with E-state index in [1.165, 1.54) is 39.8 Å². The van der Waals surface area contributed by atoms with Crippen LogP contribution in [0, 0.1) is 23.7 Å². The molecule has 2 aromatic rings. The van der Waals surface area contributed by atoms with Crippen molar-refractivity contribution in [1.29, 1.82) is 0 Å². The van der Waals surface area contributed by atoms with Crippen LogP contribution in [0.1, 0.15) is 145 Å². The summed E-state index contributed by atoms with van der Waals surface area (Å²) in [6.45, 7) is 20.1. The molecule has 36 heteroatoms. The number of nitrogens with zero attached hydrogens (tertiary/aromatic N) is 2. The second kappa shape index (κ2) is 45.9. The second-order valence-corrected chi connectivity index (χ2v) is 32.0. The van der Waals surface area contributed by atoms with E-state index >= 15 is 24.0 Å². The van der Waals surface area contributed by atoms with Crippen molar-refractivity contribution in [1.82, 2.24) is 73.6 Å². The quantitative estimate of drug-likeness (QED) is 0.0474. The molecule has 2 bridgehead atoms. The predicted molar refractivity (Wildman–Crippen MR) is 419 cm³/mol. The molecule has 14 amide bonds. The Morgan fingerprint density at radius 3 is 1.70 bits per heavy atom. The van der Waals surface area contributed by atoms with Crippen molar-refractivity contribution in [2.75, 3.05) is 38.8 Å². The first-order valence-corrected chi connectivity index (χ1v) is 40.7. The molecular formula is C77H114N14O20S2. The minimum Gasteiger partial charge on any atom is -0.481 e. The number of carboxylic acid groups (broad SMARTS) is 1. The van der Waals surface area contributed by atoms with Crippen molar-refractivity contribution < 1.29 is 96.4 Å². The van der Waals surface area contributed by atoms with Crippen LogP contribution < -0.4 is 63.8 Å². The van der Waals surface area contributed by atoms with Gasteiger partial charge in [-0.1, -0.05) is 163 Å². The number of aliphatic hydroxyl groups is 1. The highest BCUT2D eigenvalue weighted by Gasteiger charge is 2.45. The number of methoxy groups -OCH3 is 1. The third-order valence-corrected chi connectivity index (χ3v) is 22.7. The number of esters is 1. The minimum atomic E-state index is -2.05. The molecule has 3 aliphatic rings. The number of carbonyl (C=O) groups excluding carboxylic acids is 15. The summed E-state index contributed by atoms with van der Waals surface area (Å²) in [5, 5.41) is 51.9. The highest BCUT2D eigenvalue weighted by atomic mass is 33.1. The lowest BCUT2D eigenvalue weighted by atomic mass is 9.96. The number of carboxylic acids is 1. The van der Waals surface area contributed by atoms with Crippen molar-refractivity contribution >= 4 is 116 Å². The van der Waals surface area contributed by atoms with Crippen LogP contribution in [0.15, 0.2) is 72.9 Å². The van der Waals surface area contributed by atoms with Gasteiger partial charge in [0.25, 0.3) is 5.91 Å². The number of rotatable bonds is 20. The average molecular weight is 1620 g/mol. The fraction of sp³-hybridized carbons (Fsp3) is 0.610. The summed E-state index contributed by atoms with van der Waals surface area (Å²) < 4.78 is 11.5. The highest BCUT2D eigenvalue weighted by Crippen LogP contribution is 2.27. The number of cyclic esters (lactones) is 1. The largest absolute Gasteiger partial charge is 0.481 e. The van der Waals surface area contributed by atoms with Crippen molar-refractivity contribution in [3.63, 3.8) is 0 Å². The Kier molecular flexibility index (Phi) is 38.1. The van der Waals surface area contributed by atoms with Crippen LogP contribution in [0.25, 0.3) is 0 Å². The van der Waals surface area contributed by atoms with Gasteiger partial charge in [-0.25, -0.2) is 4.79 Å². The smallest absolute Gasteiger partial charge is 0.331 e. The lowest BCUT2D eigenvalue weighted by Crippen LogP contribution is -2.63. The van der Waals surface area contributed by atoms with Crippen molar-refractivity contribution in [2.24, 2.45) is 23.7 Å². The Labute approximate surface area is 667 Å². The topological polar surface area (TPSA) is 483 Å². The van der Waals surface area contributed by atoms with Crippen LogP contribution in [0.5, 0.6) is 0 Å². The molecule has 624 valence electrons. The molecule has 3 saturated heterocycles. The second-order valence-electron chi connectivity index (χ2n) is 29.4. The maximum atomic E-state index is 15.6. The molecule has 3 fully saturated rings. The van der Waals surface area contributed by atoms with E-state index < -0.39 is 228 Å². The summed E-state index contributed by atoms with van der Waals surface area (Å²) in [5.74, 6) is -19.1. The number of carbonyl (C=O) groups is 16. The van der Waals surface area contributed by atoms with Gasteiger partial charge in [0.15, 0.2) is 6.04 Å². The number of likely N-dealkylation sites (N-methyl/N-ethyl adjacent to an activating group) is 1. The summed E-state index contributed by atoms with van der Waals surface area (Å²) in [6, 6.07) is -4.17. The molecule has 2 aromatic carbocycles. The molecule has 0 radical (unpaired) electrons. The molecule has 113 heavy (non-hydrogen) atoms. The lowest BCUT2D eigenvalue weighted by molar-refractivity contribution is -0.158. The number of amides is 14. The summed E-state index contributed by atoms with van der Waals surface area (Å²) in [7, 11) is 4.24. The molecule has 18 atom stereocenters. The fourth-order valence-electron chi connectivity index (χ4n) is 12.6. The zero-order valence-corrected chi connectivity index (χ0v) is 68.1. The molecule has 3 heterocycles. The maximum absolute atomic E-state index is 15.6. The van der Waals surface area contributed by atoms with E-state index in [4.69, 9.17) is 9.47 Å². The summed E-state index contributed by atoms with van der Waals surface area (Å²) in [4.78, 5) is 236. The Hall–Kier alpha value is -9.68. The van der Waals surface area contributed by atoms with E-state index in [0.29, 0.717) is 24.0 Å². The van der Waals surface area contributed by atoms with E-state index in [1.807, 2.05) is 6.92 Å².